The number of hydrogen-bond acceptors (Lipinski definition) is 4. The van der Waals surface area contributed by atoms with E-state index >= 15 is 0 Å². The fourth-order valence-corrected chi connectivity index (χ4v) is 4.10. The molecule has 0 aliphatic carbocycles. The summed E-state index contributed by atoms with van der Waals surface area (Å²) in [6.45, 7) is 4.77. The number of halogens is 2. The van der Waals surface area contributed by atoms with Gasteiger partial charge in [-0.3, -0.25) is 14.2 Å². The summed E-state index contributed by atoms with van der Waals surface area (Å²) in [7, 11) is 0. The molecule has 29 heavy (non-hydrogen) atoms. The quantitative estimate of drug-likeness (QED) is 0.589. The Labute approximate surface area is 169 Å². The molecule has 0 unspecified atom stereocenters. The number of nitrogens with zero attached hydrogens (tertiary/aromatic N) is 3. The van der Waals surface area contributed by atoms with Crippen LogP contribution in [0.15, 0.2) is 39.2 Å². The molecule has 154 valence electrons. The molecule has 2 aromatic heterocycles. The van der Waals surface area contributed by atoms with Gasteiger partial charge in [-0.25, -0.2) is 18.1 Å². The lowest BCUT2D eigenvalue weighted by Crippen LogP contribution is -2.43. The maximum atomic E-state index is 13.7. The molecule has 0 bridgehead atoms. The van der Waals surface area contributed by atoms with E-state index in [2.05, 4.69) is 0 Å². The molecule has 6 nitrogen and oxygen atoms in total. The standard InChI is InChI=1S/C20H21F2N3O3S/c1-3-6-23(7-4-2)17(26)12-24-16-5-8-29-18(16)19(27)25(20(24)28)15-10-13(21)9-14(22)11-15/h5,8-11H,3-4,6-7,12H2,1-2H3. The zero-order chi connectivity index (χ0) is 21.1. The Morgan fingerprint density at radius 3 is 2.28 bits per heavy atom. The molecule has 3 aromatic rings. The van der Waals surface area contributed by atoms with Crippen molar-refractivity contribution in [2.45, 2.75) is 33.2 Å². The highest BCUT2D eigenvalue weighted by Crippen LogP contribution is 2.17. The molecular weight excluding hydrogens is 400 g/mol. The van der Waals surface area contributed by atoms with Crippen LogP contribution in [0, 0.1) is 11.6 Å². The van der Waals surface area contributed by atoms with Crippen LogP contribution in [-0.2, 0) is 11.3 Å². The van der Waals surface area contributed by atoms with E-state index in [1.807, 2.05) is 13.8 Å². The molecule has 0 N–H and O–H groups in total. The second-order valence-electron chi connectivity index (χ2n) is 6.65. The number of rotatable bonds is 7. The molecule has 0 saturated carbocycles. The van der Waals surface area contributed by atoms with E-state index in [9.17, 15) is 23.2 Å². The lowest BCUT2D eigenvalue weighted by molar-refractivity contribution is -0.131. The Hall–Kier alpha value is -2.81. The number of amides is 1. The molecule has 3 rings (SSSR count). The highest BCUT2D eigenvalue weighted by molar-refractivity contribution is 7.17. The predicted molar refractivity (Wildman–Crippen MR) is 109 cm³/mol. The van der Waals surface area contributed by atoms with Crippen LogP contribution in [0.4, 0.5) is 8.78 Å². The summed E-state index contributed by atoms with van der Waals surface area (Å²) in [5, 5.41) is 1.64. The third-order valence-electron chi connectivity index (χ3n) is 4.49. The average molecular weight is 421 g/mol. The van der Waals surface area contributed by atoms with Gasteiger partial charge in [0.1, 0.15) is 22.9 Å². The number of benzene rings is 1. The van der Waals surface area contributed by atoms with Gasteiger partial charge < -0.3 is 4.90 Å². The van der Waals surface area contributed by atoms with Gasteiger partial charge in [-0.15, -0.1) is 11.3 Å². The second-order valence-corrected chi connectivity index (χ2v) is 7.57. The average Bonchev–Trinajstić information content (AvgIpc) is 3.14. The molecule has 0 saturated heterocycles. The van der Waals surface area contributed by atoms with Crippen LogP contribution in [0.1, 0.15) is 26.7 Å². The van der Waals surface area contributed by atoms with Crippen LogP contribution in [0.2, 0.25) is 0 Å². The van der Waals surface area contributed by atoms with Crippen LogP contribution in [0.5, 0.6) is 0 Å². The van der Waals surface area contributed by atoms with E-state index in [0.717, 1.165) is 36.3 Å². The third kappa shape index (κ3) is 4.14. The SMILES string of the molecule is CCCN(CCC)C(=O)Cn1c(=O)n(-c2cc(F)cc(F)c2)c(=O)c2sccc21. The Morgan fingerprint density at radius 1 is 1.07 bits per heavy atom. The summed E-state index contributed by atoms with van der Waals surface area (Å²) in [5.74, 6) is -2.06. The first-order valence-corrected chi connectivity index (χ1v) is 10.2. The highest BCUT2D eigenvalue weighted by Gasteiger charge is 2.20. The fraction of sp³-hybridized carbons (Fsp3) is 0.350. The van der Waals surface area contributed by atoms with Crippen molar-refractivity contribution in [2.24, 2.45) is 0 Å². The summed E-state index contributed by atoms with van der Waals surface area (Å²) in [5.41, 5.74) is -1.37. The minimum atomic E-state index is -0.905. The van der Waals surface area contributed by atoms with Crippen molar-refractivity contribution < 1.29 is 13.6 Å². The normalized spacial score (nSPS) is 11.2. The van der Waals surface area contributed by atoms with E-state index in [4.69, 9.17) is 0 Å². The molecule has 0 spiro atoms. The fourth-order valence-electron chi connectivity index (χ4n) is 3.27. The van der Waals surface area contributed by atoms with Gasteiger partial charge >= 0.3 is 5.69 Å². The minimum absolute atomic E-state index is 0.215. The van der Waals surface area contributed by atoms with Crippen LogP contribution in [0.25, 0.3) is 15.9 Å². The van der Waals surface area contributed by atoms with Crippen molar-refractivity contribution in [2.75, 3.05) is 13.1 Å². The van der Waals surface area contributed by atoms with Crippen molar-refractivity contribution in [3.8, 4) is 5.69 Å². The van der Waals surface area contributed by atoms with Crippen LogP contribution in [-0.4, -0.2) is 33.0 Å². The molecule has 0 aliphatic rings. The lowest BCUT2D eigenvalue weighted by atomic mass is 10.3. The molecule has 9 heteroatoms. The van der Waals surface area contributed by atoms with Gasteiger partial charge in [0.2, 0.25) is 5.91 Å². The molecule has 0 aliphatic heterocycles. The van der Waals surface area contributed by atoms with Gasteiger partial charge in [0, 0.05) is 19.2 Å². The van der Waals surface area contributed by atoms with E-state index in [0.29, 0.717) is 29.2 Å². The Kier molecular flexibility index (Phi) is 6.26. The zero-order valence-corrected chi connectivity index (χ0v) is 17.0. The summed E-state index contributed by atoms with van der Waals surface area (Å²) < 4.78 is 29.5. The Bertz CT molecular complexity index is 1140. The molecule has 2 heterocycles. The number of thiophene rings is 1. The van der Waals surface area contributed by atoms with Gasteiger partial charge in [0.15, 0.2) is 0 Å². The van der Waals surface area contributed by atoms with Gasteiger partial charge in [-0.05, 0) is 36.4 Å². The van der Waals surface area contributed by atoms with Crippen molar-refractivity contribution in [3.63, 3.8) is 0 Å². The van der Waals surface area contributed by atoms with Crippen LogP contribution >= 0.6 is 11.3 Å². The lowest BCUT2D eigenvalue weighted by Gasteiger charge is -2.22. The van der Waals surface area contributed by atoms with Crippen LogP contribution in [0.3, 0.4) is 0 Å². The Balaban J connectivity index is 2.18. The molecule has 0 radical (unpaired) electrons. The first-order chi connectivity index (χ1) is 13.9. The topological polar surface area (TPSA) is 64.3 Å². The van der Waals surface area contributed by atoms with Gasteiger partial charge in [0.25, 0.3) is 5.56 Å². The van der Waals surface area contributed by atoms with E-state index in [-0.39, 0.29) is 22.8 Å². The van der Waals surface area contributed by atoms with Crippen molar-refractivity contribution >= 4 is 27.5 Å². The summed E-state index contributed by atoms with van der Waals surface area (Å²) in [6, 6.07) is 4.08. The molecule has 1 aromatic carbocycles. The van der Waals surface area contributed by atoms with Crippen molar-refractivity contribution in [1.82, 2.24) is 14.0 Å². The van der Waals surface area contributed by atoms with Crippen molar-refractivity contribution in [3.05, 3.63) is 62.1 Å². The molecular formula is C20H21F2N3O3S. The number of hydrogen-bond donors (Lipinski definition) is 0. The maximum Gasteiger partial charge on any atom is 0.336 e. The van der Waals surface area contributed by atoms with Gasteiger partial charge in [-0.2, -0.15) is 0 Å². The van der Waals surface area contributed by atoms with Crippen molar-refractivity contribution in [1.29, 1.82) is 0 Å². The summed E-state index contributed by atoms with van der Waals surface area (Å²) >= 11 is 1.10. The summed E-state index contributed by atoms with van der Waals surface area (Å²) in [6.07, 6.45) is 1.55. The Morgan fingerprint density at radius 2 is 1.69 bits per heavy atom. The van der Waals surface area contributed by atoms with Gasteiger partial charge in [-0.1, -0.05) is 13.8 Å². The molecule has 0 fully saturated rings. The van der Waals surface area contributed by atoms with Gasteiger partial charge in [0.05, 0.1) is 11.2 Å². The van der Waals surface area contributed by atoms with Crippen LogP contribution < -0.4 is 11.2 Å². The zero-order valence-electron chi connectivity index (χ0n) is 16.2. The van der Waals surface area contributed by atoms with E-state index in [1.165, 1.54) is 4.57 Å². The molecule has 0 atom stereocenters. The minimum Gasteiger partial charge on any atom is -0.341 e. The molecule has 1 amide bonds. The highest BCUT2D eigenvalue weighted by atomic mass is 32.1. The number of carbonyl (C=O) groups is 1. The van der Waals surface area contributed by atoms with E-state index in [1.54, 1.807) is 16.3 Å². The smallest absolute Gasteiger partial charge is 0.336 e. The first-order valence-electron chi connectivity index (χ1n) is 9.34. The monoisotopic (exact) mass is 421 g/mol. The predicted octanol–water partition coefficient (Wildman–Crippen LogP) is 3.14. The van der Waals surface area contributed by atoms with E-state index < -0.39 is 22.9 Å². The number of fused-ring (bicyclic) bond motifs is 1. The third-order valence-corrected chi connectivity index (χ3v) is 5.39. The number of aromatic nitrogens is 2. The largest absolute Gasteiger partial charge is 0.341 e. The summed E-state index contributed by atoms with van der Waals surface area (Å²) in [4.78, 5) is 40.4. The number of carbonyl (C=O) groups excluding carboxylic acids is 1. The second kappa shape index (κ2) is 8.69. The first kappa shape index (κ1) is 20.9. The maximum absolute atomic E-state index is 13.7.